The van der Waals surface area contributed by atoms with Gasteiger partial charge in [0.25, 0.3) is 5.91 Å². The van der Waals surface area contributed by atoms with E-state index in [-0.39, 0.29) is 12.5 Å². The smallest absolute Gasteiger partial charge is 0.329 e. The molecule has 1 aliphatic heterocycles. The summed E-state index contributed by atoms with van der Waals surface area (Å²) in [4.78, 5) is 38.1. The van der Waals surface area contributed by atoms with Crippen LogP contribution in [0, 0.1) is 0 Å². The first-order chi connectivity index (χ1) is 16.6. The number of benzene rings is 2. The van der Waals surface area contributed by atoms with Gasteiger partial charge < -0.3 is 24.4 Å². The van der Waals surface area contributed by atoms with Crippen molar-refractivity contribution in [2.45, 2.75) is 13.3 Å². The molecule has 3 amide bonds. The molecule has 0 atom stereocenters. The van der Waals surface area contributed by atoms with Gasteiger partial charge in [-0.2, -0.15) is 5.10 Å². The number of hydrogen-bond donors (Lipinski definition) is 2. The van der Waals surface area contributed by atoms with Crippen molar-refractivity contribution in [1.82, 2.24) is 10.3 Å². The molecule has 3 rings (SSSR count). The molecule has 0 aliphatic carbocycles. The Labute approximate surface area is 197 Å². The predicted molar refractivity (Wildman–Crippen MR) is 126 cm³/mol. The summed E-state index contributed by atoms with van der Waals surface area (Å²) in [6.45, 7) is 4.59. The first-order valence-electron chi connectivity index (χ1n) is 11.0. The molecule has 180 valence electrons. The minimum Gasteiger partial charge on any atom is -0.494 e. The summed E-state index contributed by atoms with van der Waals surface area (Å²) in [6, 6.07) is 13.6. The van der Waals surface area contributed by atoms with Gasteiger partial charge in [-0.25, -0.2) is 5.43 Å². The highest BCUT2D eigenvalue weighted by Gasteiger charge is 2.17. The van der Waals surface area contributed by atoms with Crippen molar-refractivity contribution in [2.75, 3.05) is 44.8 Å². The Kier molecular flexibility index (Phi) is 9.41. The number of carbonyl (C=O) groups is 3. The fourth-order valence-electron chi connectivity index (χ4n) is 3.02. The maximum atomic E-state index is 12.3. The van der Waals surface area contributed by atoms with Crippen molar-refractivity contribution in [2.24, 2.45) is 5.10 Å². The number of carbonyl (C=O) groups excluding carboxylic acids is 3. The molecule has 0 saturated carbocycles. The normalized spacial score (nSPS) is 13.4. The van der Waals surface area contributed by atoms with Crippen molar-refractivity contribution in [1.29, 1.82) is 0 Å². The molecule has 2 aromatic carbocycles. The Bertz CT molecular complexity index is 1000. The molecule has 10 heteroatoms. The molecule has 1 saturated heterocycles. The Morgan fingerprint density at radius 1 is 1.03 bits per heavy atom. The van der Waals surface area contributed by atoms with Gasteiger partial charge in [0.15, 0.2) is 6.61 Å². The van der Waals surface area contributed by atoms with Crippen LogP contribution in [0.1, 0.15) is 18.9 Å². The van der Waals surface area contributed by atoms with Gasteiger partial charge in [0.1, 0.15) is 11.5 Å². The zero-order valence-electron chi connectivity index (χ0n) is 19.0. The Morgan fingerprint density at radius 2 is 1.76 bits per heavy atom. The average Bonchev–Trinajstić information content (AvgIpc) is 2.88. The molecule has 10 nitrogen and oxygen atoms in total. The molecule has 0 bridgehead atoms. The maximum Gasteiger partial charge on any atom is 0.329 e. The standard InChI is InChI=1S/C24H28N4O6/c1-2-13-33-20-9-7-19(8-10-20)26-23(30)24(31)27-25-16-18-5-3-4-6-21(18)34-17-22(29)28-11-14-32-15-12-28/h3-10,16H,2,11-15,17H2,1H3,(H,26,30)(H,27,31)/b25-16-. The van der Waals surface area contributed by atoms with Crippen molar-refractivity contribution >= 4 is 29.6 Å². The van der Waals surface area contributed by atoms with Crippen molar-refractivity contribution < 1.29 is 28.6 Å². The van der Waals surface area contributed by atoms with Gasteiger partial charge in [0.05, 0.1) is 26.0 Å². The average molecular weight is 469 g/mol. The Hall–Kier alpha value is -3.92. The highest BCUT2D eigenvalue weighted by Crippen LogP contribution is 2.17. The first-order valence-corrected chi connectivity index (χ1v) is 11.0. The van der Waals surface area contributed by atoms with E-state index in [1.165, 1.54) is 6.21 Å². The lowest BCUT2D eigenvalue weighted by molar-refractivity contribution is -0.137. The summed E-state index contributed by atoms with van der Waals surface area (Å²) in [5.74, 6) is -0.813. The third-order valence-electron chi connectivity index (χ3n) is 4.79. The van der Waals surface area contributed by atoms with Crippen LogP contribution in [-0.2, 0) is 19.1 Å². The topological polar surface area (TPSA) is 119 Å². The van der Waals surface area contributed by atoms with E-state index in [1.54, 1.807) is 53.4 Å². The molecule has 0 unspecified atom stereocenters. The zero-order chi connectivity index (χ0) is 24.2. The lowest BCUT2D eigenvalue weighted by Gasteiger charge is -2.26. The van der Waals surface area contributed by atoms with Gasteiger partial charge >= 0.3 is 11.8 Å². The van der Waals surface area contributed by atoms with E-state index in [2.05, 4.69) is 15.8 Å². The van der Waals surface area contributed by atoms with Crippen LogP contribution in [0.3, 0.4) is 0 Å². The number of ether oxygens (including phenoxy) is 3. The van der Waals surface area contributed by atoms with E-state index in [1.807, 2.05) is 6.92 Å². The quantitative estimate of drug-likeness (QED) is 0.329. The van der Waals surface area contributed by atoms with Crippen molar-refractivity contribution in [3.8, 4) is 11.5 Å². The summed E-state index contributed by atoms with van der Waals surface area (Å²) in [5, 5.41) is 6.33. The monoisotopic (exact) mass is 468 g/mol. The lowest BCUT2D eigenvalue weighted by Crippen LogP contribution is -2.43. The Balaban J connectivity index is 1.49. The summed E-state index contributed by atoms with van der Waals surface area (Å²) in [6.07, 6.45) is 2.24. The summed E-state index contributed by atoms with van der Waals surface area (Å²) >= 11 is 0. The van der Waals surface area contributed by atoms with Gasteiger partial charge in [0, 0.05) is 24.3 Å². The summed E-state index contributed by atoms with van der Waals surface area (Å²) in [5.41, 5.74) is 3.18. The van der Waals surface area contributed by atoms with Crippen LogP contribution in [-0.4, -0.2) is 68.4 Å². The highest BCUT2D eigenvalue weighted by atomic mass is 16.5. The van der Waals surface area contributed by atoms with Gasteiger partial charge in [0.2, 0.25) is 0 Å². The van der Waals surface area contributed by atoms with E-state index < -0.39 is 11.8 Å². The predicted octanol–water partition coefficient (Wildman–Crippen LogP) is 1.80. The van der Waals surface area contributed by atoms with Crippen LogP contribution < -0.4 is 20.2 Å². The van der Waals surface area contributed by atoms with Crippen LogP contribution >= 0.6 is 0 Å². The molecular weight excluding hydrogens is 440 g/mol. The summed E-state index contributed by atoms with van der Waals surface area (Å²) in [7, 11) is 0. The second-order valence-corrected chi connectivity index (χ2v) is 7.35. The zero-order valence-corrected chi connectivity index (χ0v) is 19.0. The molecular formula is C24H28N4O6. The number of rotatable bonds is 9. The van der Waals surface area contributed by atoms with Crippen LogP contribution in [0.4, 0.5) is 5.69 Å². The molecule has 2 aromatic rings. The number of nitrogens with one attached hydrogen (secondary N) is 2. The van der Waals surface area contributed by atoms with Crippen LogP contribution in [0.25, 0.3) is 0 Å². The molecule has 0 spiro atoms. The van der Waals surface area contributed by atoms with E-state index in [4.69, 9.17) is 14.2 Å². The second-order valence-electron chi connectivity index (χ2n) is 7.35. The first kappa shape index (κ1) is 24.7. The molecule has 0 aromatic heterocycles. The number of nitrogens with zero attached hydrogens (tertiary/aromatic N) is 2. The van der Waals surface area contributed by atoms with E-state index in [9.17, 15) is 14.4 Å². The van der Waals surface area contributed by atoms with Crippen LogP contribution in [0.2, 0.25) is 0 Å². The fraction of sp³-hybridized carbons (Fsp3) is 0.333. The van der Waals surface area contributed by atoms with E-state index in [0.717, 1.165) is 6.42 Å². The molecule has 2 N–H and O–H groups in total. The minimum absolute atomic E-state index is 0.123. The maximum absolute atomic E-state index is 12.3. The number of amides is 3. The minimum atomic E-state index is -0.927. The third-order valence-corrected chi connectivity index (χ3v) is 4.79. The van der Waals surface area contributed by atoms with E-state index >= 15 is 0 Å². The lowest BCUT2D eigenvalue weighted by atomic mass is 10.2. The van der Waals surface area contributed by atoms with E-state index in [0.29, 0.717) is 55.7 Å². The number of hydrazone groups is 1. The third kappa shape index (κ3) is 7.59. The number of morpholine rings is 1. The van der Waals surface area contributed by atoms with Crippen molar-refractivity contribution in [3.05, 3.63) is 54.1 Å². The van der Waals surface area contributed by atoms with Crippen LogP contribution in [0.15, 0.2) is 53.6 Å². The van der Waals surface area contributed by atoms with Gasteiger partial charge in [-0.15, -0.1) is 0 Å². The molecule has 0 radical (unpaired) electrons. The Morgan fingerprint density at radius 3 is 2.50 bits per heavy atom. The SMILES string of the molecule is CCCOc1ccc(NC(=O)C(=O)N/N=C\c2ccccc2OCC(=O)N2CCOCC2)cc1. The highest BCUT2D eigenvalue weighted by molar-refractivity contribution is 6.39. The van der Waals surface area contributed by atoms with Gasteiger partial charge in [-0.05, 0) is 42.8 Å². The number of hydrogen-bond acceptors (Lipinski definition) is 7. The summed E-state index contributed by atoms with van der Waals surface area (Å²) < 4.78 is 16.4. The molecule has 1 heterocycles. The van der Waals surface area contributed by atoms with Gasteiger partial charge in [-0.1, -0.05) is 19.1 Å². The second kappa shape index (κ2) is 12.9. The molecule has 34 heavy (non-hydrogen) atoms. The largest absolute Gasteiger partial charge is 0.494 e. The van der Waals surface area contributed by atoms with Gasteiger partial charge in [-0.3, -0.25) is 14.4 Å². The van der Waals surface area contributed by atoms with Crippen LogP contribution in [0.5, 0.6) is 11.5 Å². The van der Waals surface area contributed by atoms with Crippen molar-refractivity contribution in [3.63, 3.8) is 0 Å². The molecule has 1 aliphatic rings. The molecule has 1 fully saturated rings. The fourth-order valence-corrected chi connectivity index (χ4v) is 3.02. The number of para-hydroxylation sites is 1. The number of anilines is 1.